The quantitative estimate of drug-likeness (QED) is 0.410. The molecular weight excluding hydrogens is 438 g/mol. The zero-order chi connectivity index (χ0) is 24.2. The van der Waals surface area contributed by atoms with E-state index in [1.807, 2.05) is 54.7 Å². The molecule has 1 aliphatic rings. The maximum Gasteiger partial charge on any atom is 0.247 e. The first-order valence-electron chi connectivity index (χ1n) is 11.6. The van der Waals surface area contributed by atoms with Crippen molar-refractivity contribution in [2.75, 3.05) is 48.8 Å². The molecule has 8 heteroatoms. The average Bonchev–Trinajstić information content (AvgIpc) is 2.89. The fraction of sp³-hybridized carbons (Fsp3) is 0.185. The molecule has 4 aromatic rings. The van der Waals surface area contributed by atoms with E-state index in [0.717, 1.165) is 53.9 Å². The van der Waals surface area contributed by atoms with Crippen LogP contribution in [0.15, 0.2) is 79.6 Å². The number of piperazine rings is 1. The van der Waals surface area contributed by atoms with E-state index in [1.165, 1.54) is 6.08 Å². The minimum absolute atomic E-state index is 0.250. The number of carbonyl (C=O) groups excluding carboxylic acids is 1. The summed E-state index contributed by atoms with van der Waals surface area (Å²) >= 11 is 0. The van der Waals surface area contributed by atoms with Gasteiger partial charge in [-0.3, -0.25) is 4.79 Å². The minimum atomic E-state index is -0.250. The molecule has 0 saturated carbocycles. The molecule has 1 saturated heterocycles. The van der Waals surface area contributed by atoms with Crippen LogP contribution < -0.4 is 15.5 Å². The Morgan fingerprint density at radius 2 is 1.83 bits per heavy atom. The molecule has 0 bridgehead atoms. The highest BCUT2D eigenvalue weighted by Crippen LogP contribution is 2.30. The lowest BCUT2D eigenvalue weighted by Crippen LogP contribution is -2.44. The van der Waals surface area contributed by atoms with Gasteiger partial charge in [0.05, 0.1) is 17.4 Å². The van der Waals surface area contributed by atoms with Gasteiger partial charge in [0.2, 0.25) is 11.9 Å². The van der Waals surface area contributed by atoms with E-state index < -0.39 is 0 Å². The van der Waals surface area contributed by atoms with Gasteiger partial charge in [-0.05, 0) is 43.0 Å². The van der Waals surface area contributed by atoms with Crippen molar-refractivity contribution in [2.45, 2.75) is 0 Å². The zero-order valence-electron chi connectivity index (χ0n) is 19.6. The summed E-state index contributed by atoms with van der Waals surface area (Å²) in [4.78, 5) is 30.2. The molecule has 0 unspecified atom stereocenters. The van der Waals surface area contributed by atoms with Crippen molar-refractivity contribution in [3.63, 3.8) is 0 Å². The van der Waals surface area contributed by atoms with Crippen molar-refractivity contribution in [1.82, 2.24) is 19.9 Å². The van der Waals surface area contributed by atoms with Gasteiger partial charge in [0.15, 0.2) is 0 Å². The number of likely N-dealkylation sites (N-methyl/N-ethyl adjacent to an activating group) is 1. The molecule has 1 fully saturated rings. The predicted octanol–water partition coefficient (Wildman–Crippen LogP) is 4.31. The Bertz CT molecular complexity index is 1360. The Kier molecular flexibility index (Phi) is 6.36. The van der Waals surface area contributed by atoms with E-state index in [-0.39, 0.29) is 5.91 Å². The van der Waals surface area contributed by atoms with Crippen LogP contribution >= 0.6 is 0 Å². The first kappa shape index (κ1) is 22.5. The third-order valence-electron chi connectivity index (χ3n) is 6.09. The summed E-state index contributed by atoms with van der Waals surface area (Å²) in [7, 11) is 2.15. The van der Waals surface area contributed by atoms with Crippen LogP contribution in [0.5, 0.6) is 0 Å². The first-order valence-corrected chi connectivity index (χ1v) is 11.6. The van der Waals surface area contributed by atoms with Gasteiger partial charge in [-0.15, -0.1) is 0 Å². The summed E-state index contributed by atoms with van der Waals surface area (Å²) in [6, 6.07) is 17.7. The Hall–Kier alpha value is -4.30. The predicted molar refractivity (Wildman–Crippen MR) is 141 cm³/mol. The van der Waals surface area contributed by atoms with Crippen molar-refractivity contribution >= 4 is 40.0 Å². The van der Waals surface area contributed by atoms with Crippen molar-refractivity contribution in [3.8, 4) is 11.1 Å². The number of aromatic nitrogens is 3. The number of pyridine rings is 1. The Balaban J connectivity index is 1.39. The van der Waals surface area contributed by atoms with Gasteiger partial charge in [-0.25, -0.2) is 15.0 Å². The van der Waals surface area contributed by atoms with Crippen molar-refractivity contribution in [3.05, 3.63) is 79.6 Å². The third kappa shape index (κ3) is 5.12. The van der Waals surface area contributed by atoms with Crippen molar-refractivity contribution < 1.29 is 4.79 Å². The van der Waals surface area contributed by atoms with E-state index >= 15 is 0 Å². The summed E-state index contributed by atoms with van der Waals surface area (Å²) in [5.74, 6) is 0.912. The van der Waals surface area contributed by atoms with Gasteiger partial charge in [0.1, 0.15) is 5.82 Å². The van der Waals surface area contributed by atoms with E-state index in [4.69, 9.17) is 4.98 Å². The summed E-state index contributed by atoms with van der Waals surface area (Å²) in [6.45, 7) is 7.61. The molecule has 3 heterocycles. The number of nitrogens with one attached hydrogen (secondary N) is 2. The van der Waals surface area contributed by atoms with Crippen LogP contribution in [0.4, 0.5) is 23.1 Å². The lowest BCUT2D eigenvalue weighted by Gasteiger charge is -2.33. The summed E-state index contributed by atoms with van der Waals surface area (Å²) in [5, 5.41) is 6.96. The molecule has 0 aliphatic carbocycles. The van der Waals surface area contributed by atoms with Crippen LogP contribution in [-0.2, 0) is 4.79 Å². The monoisotopic (exact) mass is 465 g/mol. The molecule has 2 aromatic heterocycles. The van der Waals surface area contributed by atoms with Gasteiger partial charge < -0.3 is 20.4 Å². The van der Waals surface area contributed by atoms with E-state index in [0.29, 0.717) is 17.5 Å². The molecule has 176 valence electrons. The molecule has 0 spiro atoms. The molecule has 35 heavy (non-hydrogen) atoms. The Labute approximate surface area is 204 Å². The second-order valence-electron chi connectivity index (χ2n) is 8.53. The Morgan fingerprint density at radius 1 is 1.00 bits per heavy atom. The minimum Gasteiger partial charge on any atom is -0.368 e. The molecule has 1 amide bonds. The smallest absolute Gasteiger partial charge is 0.247 e. The molecule has 2 N–H and O–H groups in total. The Morgan fingerprint density at radius 3 is 2.60 bits per heavy atom. The molecule has 1 aliphatic heterocycles. The fourth-order valence-corrected chi connectivity index (χ4v) is 4.13. The maximum absolute atomic E-state index is 11.7. The zero-order valence-corrected chi connectivity index (χ0v) is 19.6. The lowest BCUT2D eigenvalue weighted by atomic mass is 10.0. The lowest BCUT2D eigenvalue weighted by molar-refractivity contribution is -0.111. The highest BCUT2D eigenvalue weighted by molar-refractivity contribution is 6.00. The number of hydrogen-bond donors (Lipinski definition) is 2. The number of fused-ring (bicyclic) bond motifs is 1. The largest absolute Gasteiger partial charge is 0.368 e. The fourth-order valence-electron chi connectivity index (χ4n) is 4.13. The van der Waals surface area contributed by atoms with Crippen LogP contribution in [0.1, 0.15) is 0 Å². The van der Waals surface area contributed by atoms with Crippen molar-refractivity contribution in [1.29, 1.82) is 0 Å². The second kappa shape index (κ2) is 9.90. The van der Waals surface area contributed by atoms with E-state index in [1.54, 1.807) is 6.20 Å². The number of para-hydroxylation sites is 1. The van der Waals surface area contributed by atoms with Gasteiger partial charge in [-0.2, -0.15) is 0 Å². The summed E-state index contributed by atoms with van der Waals surface area (Å²) < 4.78 is 0. The number of benzene rings is 2. The molecule has 8 nitrogen and oxygen atoms in total. The highest BCUT2D eigenvalue weighted by atomic mass is 16.1. The highest BCUT2D eigenvalue weighted by Gasteiger charge is 2.15. The third-order valence-corrected chi connectivity index (χ3v) is 6.09. The molecular formula is C27H27N7O. The van der Waals surface area contributed by atoms with Crippen LogP contribution in [-0.4, -0.2) is 59.0 Å². The van der Waals surface area contributed by atoms with Crippen LogP contribution in [0.3, 0.4) is 0 Å². The standard InChI is InChI=1S/C27H27N7O/c1-3-25(35)30-21-8-4-6-19(16-21)23-9-5-7-20-17-29-27(32-26(20)23)31-24-11-10-22(18-28-24)34-14-12-33(2)13-15-34/h3-11,16-18H,1,12-15H2,2H3,(H,30,35)(H,28,29,31,32). The number of amides is 1. The number of nitrogens with zero attached hydrogens (tertiary/aromatic N) is 5. The second-order valence-corrected chi connectivity index (χ2v) is 8.53. The molecule has 0 atom stereocenters. The topological polar surface area (TPSA) is 86.3 Å². The summed E-state index contributed by atoms with van der Waals surface area (Å²) in [5.41, 5.74) is 4.51. The van der Waals surface area contributed by atoms with Crippen LogP contribution in [0.25, 0.3) is 22.0 Å². The normalized spacial score (nSPS) is 14.0. The molecule has 0 radical (unpaired) electrons. The van der Waals surface area contributed by atoms with Gasteiger partial charge in [0, 0.05) is 49.0 Å². The van der Waals surface area contributed by atoms with Crippen molar-refractivity contribution in [2.24, 2.45) is 0 Å². The van der Waals surface area contributed by atoms with Crippen LogP contribution in [0, 0.1) is 0 Å². The molecule has 5 rings (SSSR count). The summed E-state index contributed by atoms with van der Waals surface area (Å²) in [6.07, 6.45) is 4.95. The van der Waals surface area contributed by atoms with Gasteiger partial charge >= 0.3 is 0 Å². The average molecular weight is 466 g/mol. The van der Waals surface area contributed by atoms with Gasteiger partial charge in [-0.1, -0.05) is 36.9 Å². The van der Waals surface area contributed by atoms with Crippen LogP contribution in [0.2, 0.25) is 0 Å². The maximum atomic E-state index is 11.7. The van der Waals surface area contributed by atoms with E-state index in [2.05, 4.69) is 50.1 Å². The number of carbonyl (C=O) groups is 1. The SMILES string of the molecule is C=CC(=O)Nc1cccc(-c2cccc3cnc(Nc4ccc(N5CCN(C)CC5)cn4)nc23)c1. The number of anilines is 4. The molecule has 2 aromatic carbocycles. The van der Waals surface area contributed by atoms with E-state index in [9.17, 15) is 4.79 Å². The first-order chi connectivity index (χ1) is 17.1. The number of rotatable bonds is 6. The van der Waals surface area contributed by atoms with Gasteiger partial charge in [0.25, 0.3) is 0 Å². The number of hydrogen-bond acceptors (Lipinski definition) is 7.